The molecule has 14 aromatic rings. The number of aryl methyl sites for hydroxylation is 2. The summed E-state index contributed by atoms with van der Waals surface area (Å²) in [5.74, 6) is 2.50. The summed E-state index contributed by atoms with van der Waals surface area (Å²) in [4.78, 5) is 37.6. The second-order valence-electron chi connectivity index (χ2n) is 28.4. The molecular formula is C91H86Cl3N11O9S7. The van der Waals surface area contributed by atoms with Gasteiger partial charge in [-0.2, -0.15) is 23.5 Å². The highest BCUT2D eigenvalue weighted by Crippen LogP contribution is 2.45. The molecule has 10 heterocycles. The van der Waals surface area contributed by atoms with E-state index in [1.807, 2.05) is 149 Å². The van der Waals surface area contributed by atoms with Crippen LogP contribution in [0.25, 0.3) is 55.5 Å². The largest absolute Gasteiger partial charge is 0.463 e. The van der Waals surface area contributed by atoms with Gasteiger partial charge in [-0.05, 0) is 179 Å². The van der Waals surface area contributed by atoms with Crippen molar-refractivity contribution in [3.63, 3.8) is 0 Å². The number of piperazine rings is 1. The molecule has 6 aromatic carbocycles. The molecule has 16 rings (SSSR count). The number of para-hydroxylation sites is 1. The molecule has 1 saturated heterocycles. The molecule has 121 heavy (non-hydrogen) atoms. The molecule has 8 aromatic heterocycles. The second kappa shape index (κ2) is 42.0. The predicted octanol–water partition coefficient (Wildman–Crippen LogP) is 21.5. The molecule has 0 bridgehead atoms. The minimum atomic E-state index is -3.97. The van der Waals surface area contributed by atoms with Gasteiger partial charge >= 0.3 is 0 Å². The first-order valence-corrected chi connectivity index (χ1v) is 47.5. The predicted molar refractivity (Wildman–Crippen MR) is 492 cm³/mol. The quantitative estimate of drug-likeness (QED) is 0.0244. The Hall–Kier alpha value is -10.3. The van der Waals surface area contributed by atoms with Crippen LogP contribution in [0.1, 0.15) is 75.1 Å². The summed E-state index contributed by atoms with van der Waals surface area (Å²) < 4.78 is 69.7. The van der Waals surface area contributed by atoms with E-state index in [4.69, 9.17) is 48.6 Å². The van der Waals surface area contributed by atoms with Gasteiger partial charge in [0.15, 0.2) is 27.1 Å². The van der Waals surface area contributed by atoms with E-state index in [0.717, 1.165) is 119 Å². The summed E-state index contributed by atoms with van der Waals surface area (Å²) in [7, 11) is -3.08. The van der Waals surface area contributed by atoms with E-state index in [1.165, 1.54) is 86.1 Å². The van der Waals surface area contributed by atoms with Crippen molar-refractivity contribution in [2.45, 2.75) is 76.1 Å². The van der Waals surface area contributed by atoms with Crippen LogP contribution in [0.5, 0.6) is 0 Å². The Morgan fingerprint density at radius 3 is 2.06 bits per heavy atom. The first-order valence-electron chi connectivity index (χ1n) is 38.0. The summed E-state index contributed by atoms with van der Waals surface area (Å²) in [6.45, 7) is 12.0. The number of halogens is 3. The third kappa shape index (κ3) is 23.1. The molecule has 2 aliphatic heterocycles. The van der Waals surface area contributed by atoms with Gasteiger partial charge in [-0.3, -0.25) is 19.5 Å². The summed E-state index contributed by atoms with van der Waals surface area (Å²) in [5, 5.41) is 38.7. The molecule has 622 valence electrons. The van der Waals surface area contributed by atoms with Gasteiger partial charge in [-0.25, -0.2) is 13.1 Å². The van der Waals surface area contributed by atoms with Crippen molar-refractivity contribution in [1.82, 2.24) is 44.4 Å². The van der Waals surface area contributed by atoms with Gasteiger partial charge in [-0.1, -0.05) is 183 Å². The number of rotatable bonds is 20. The van der Waals surface area contributed by atoms with Crippen molar-refractivity contribution < 1.29 is 35.7 Å². The molecule has 0 amide bonds. The number of aromatic nitrogens is 6. The minimum Gasteiger partial charge on any atom is -0.463 e. The number of allylic oxidation sites excluding steroid dienone is 2. The monoisotopic (exact) mass is 1810 g/mol. The number of thioether (sulfide) groups is 2. The lowest BCUT2D eigenvalue weighted by Crippen LogP contribution is -2.46. The first-order chi connectivity index (χ1) is 58.3. The topological polar surface area (TPSA) is 256 Å². The standard InChI is InChI=1S/C25H26N4O.C20H22ClNO4S3.C16H14N2OS.C15H10Cl2N2O2.C15H14N2OS3/c1-27-15-17-28(18-16-27)25(21-12-7-8-14-26-21)23-20-11-5-6-13-22(20)29(30)24(23)19-9-3-2-4-10-19;1-14-4-8-19(9-5-14)29(25,26)22-27-13-16(3)15(2)12-20(27)28(23,24)18-10-6-17(21)7-11-18;1-12-4-2-5-13(10-12)11-20-16-8-7-14(17-18-16)15-6-3-9-19-15;16-11-4-3-10(8-12(11)17)9-19-15(20)6-5-13(18-19)14-2-1-7-21-14;1-17(2)7-6-11(18)14-13(12-5-4-8-20-12)10(9-16)15(19-3)21-14/h2-14,25,30H,15-18H2,1H3;4-11,20H,12-13H2,1-3H3;2-10H,11H2,1H3;1-8H,9H2;4-8H,1-3H3/b;;;;7-6+. The summed E-state index contributed by atoms with van der Waals surface area (Å²) in [6.07, 6.45) is 10.5. The zero-order valence-electron chi connectivity index (χ0n) is 67.3. The Balaban J connectivity index is 0.000000140. The molecule has 1 N–H and O–H groups in total. The highest BCUT2D eigenvalue weighted by atomic mass is 35.5. The Morgan fingerprint density at radius 1 is 0.727 bits per heavy atom. The molecule has 20 nitrogen and oxygen atoms in total. The third-order valence-electron chi connectivity index (χ3n) is 19.5. The lowest BCUT2D eigenvalue weighted by Gasteiger charge is -2.38. The van der Waals surface area contributed by atoms with Gasteiger partial charge in [0.25, 0.3) is 15.6 Å². The van der Waals surface area contributed by atoms with Crippen LogP contribution >= 0.6 is 81.0 Å². The number of benzene rings is 6. The van der Waals surface area contributed by atoms with Crippen molar-refractivity contribution in [1.29, 1.82) is 5.26 Å². The van der Waals surface area contributed by atoms with E-state index in [2.05, 4.69) is 97.4 Å². The van der Waals surface area contributed by atoms with Gasteiger partial charge in [0, 0.05) is 108 Å². The van der Waals surface area contributed by atoms with E-state index in [-0.39, 0.29) is 33.6 Å². The van der Waals surface area contributed by atoms with E-state index < -0.39 is 35.1 Å². The van der Waals surface area contributed by atoms with Crippen LogP contribution in [0.15, 0.2) is 308 Å². The van der Waals surface area contributed by atoms with Crippen molar-refractivity contribution in [2.24, 2.45) is 3.77 Å². The zero-order valence-corrected chi connectivity index (χ0v) is 75.2. The van der Waals surface area contributed by atoms with Gasteiger partial charge < -0.3 is 23.8 Å². The van der Waals surface area contributed by atoms with Gasteiger partial charge in [-0.15, -0.1) is 48.4 Å². The number of sulfone groups is 1. The number of nitriles is 1. The van der Waals surface area contributed by atoms with Crippen LogP contribution in [-0.4, -0.2) is 136 Å². The van der Waals surface area contributed by atoms with Crippen LogP contribution in [0.2, 0.25) is 15.1 Å². The summed E-state index contributed by atoms with van der Waals surface area (Å²) in [6, 6.07) is 70.8. The molecule has 3 atom stereocenters. The fraction of sp³-hybridized carbons (Fsp3) is 0.198. The van der Waals surface area contributed by atoms with Crippen LogP contribution < -0.4 is 5.56 Å². The maximum atomic E-state index is 13.3. The molecule has 0 aliphatic carbocycles. The Kier molecular flexibility index (Phi) is 31.2. The maximum absolute atomic E-state index is 13.3. The van der Waals surface area contributed by atoms with E-state index in [1.54, 1.807) is 90.4 Å². The lowest BCUT2D eigenvalue weighted by atomic mass is 9.94. The van der Waals surface area contributed by atoms with E-state index in [9.17, 15) is 36.9 Å². The van der Waals surface area contributed by atoms with Gasteiger partial charge in [0.2, 0.25) is 0 Å². The highest BCUT2D eigenvalue weighted by Gasteiger charge is 2.37. The number of hydrogen-bond acceptors (Lipinski definition) is 21. The number of likely N-dealkylation sites (N-methyl/N-ethyl adjacent to an activating group) is 1. The van der Waals surface area contributed by atoms with Crippen molar-refractivity contribution in [3.05, 3.63) is 341 Å². The fourth-order valence-corrected chi connectivity index (χ4v) is 24.1. The molecule has 1 fully saturated rings. The number of pyridine rings is 1. The van der Waals surface area contributed by atoms with Crippen LogP contribution in [0.3, 0.4) is 0 Å². The van der Waals surface area contributed by atoms with Crippen molar-refractivity contribution in [2.75, 3.05) is 59.3 Å². The second-order valence-corrected chi connectivity index (χ2v) is 39.8. The summed E-state index contributed by atoms with van der Waals surface area (Å²) in [5.41, 5.74) is 13.6. The van der Waals surface area contributed by atoms with Gasteiger partial charge in [0.05, 0.1) is 76.5 Å². The van der Waals surface area contributed by atoms with Crippen LogP contribution in [0.4, 0.5) is 0 Å². The van der Waals surface area contributed by atoms with E-state index >= 15 is 0 Å². The Morgan fingerprint density at radius 2 is 1.42 bits per heavy atom. The summed E-state index contributed by atoms with van der Waals surface area (Å²) >= 11 is 23.9. The Labute approximate surface area is 738 Å². The van der Waals surface area contributed by atoms with Crippen LogP contribution in [0, 0.1) is 25.2 Å². The number of furan rings is 2. The number of sulfonamides is 1. The normalized spacial score (nSPS) is 14.6. The zero-order chi connectivity index (χ0) is 85.9. The highest BCUT2D eigenvalue weighted by molar-refractivity contribution is 8.10. The van der Waals surface area contributed by atoms with E-state index in [0.29, 0.717) is 49.3 Å². The minimum absolute atomic E-state index is 0.0339. The SMILES string of the molecule is CC1=C(C)CS(=NS(=O)(=O)c2ccc(C)cc2)C(S(=O)(=O)c2ccc(Cl)cc2)C1.CN1CCN(C(c2ccccn2)c2c(-c3ccccc3)n(O)c3ccccc23)CC1.CSc1sc(C(=O)/C=C/N(C)C)c(-c2cccs2)c1C#N.Cc1cccc(CSc2ccc(-c3ccco3)nn2)c1.O=c1ccc(-c2ccco2)nn1Cc1ccc(Cl)c(Cl)c1. The average Bonchev–Trinajstić information content (AvgIpc) is 1.60. The van der Waals surface area contributed by atoms with Crippen molar-refractivity contribution in [3.8, 4) is 50.7 Å². The lowest BCUT2D eigenvalue weighted by molar-refractivity contribution is 0.104. The number of ketones is 1. The molecule has 3 unspecified atom stereocenters. The molecule has 0 radical (unpaired) electrons. The smallest absolute Gasteiger partial charge is 0.287 e. The molecule has 2 aliphatic rings. The van der Waals surface area contributed by atoms with Crippen molar-refractivity contribution >= 4 is 128 Å². The first kappa shape index (κ1) is 90.0. The fourth-order valence-electron chi connectivity index (χ4n) is 13.1. The average molecular weight is 1810 g/mol. The number of hydrogen-bond donors (Lipinski definition) is 1. The van der Waals surface area contributed by atoms with Crippen LogP contribution in [-0.2, 0) is 42.8 Å². The van der Waals surface area contributed by atoms with Gasteiger partial charge in [0.1, 0.15) is 27.1 Å². The maximum Gasteiger partial charge on any atom is 0.287 e. The molecular weight excluding hydrogens is 1720 g/mol. The molecule has 0 spiro atoms. The third-order valence-corrected chi connectivity index (χ3v) is 31.8. The Bertz CT molecular complexity index is 6320. The number of fused-ring (bicyclic) bond motifs is 1. The number of thiophene rings is 2. The molecule has 0 saturated carbocycles. The molecule has 30 heteroatoms. The number of carbonyl (C=O) groups is 1. The number of carbonyl (C=O) groups excluding carboxylic acids is 1. The number of nitrogens with zero attached hydrogens (tertiary/aromatic N) is 11.